The summed E-state index contributed by atoms with van der Waals surface area (Å²) in [6.07, 6.45) is 2.96. The van der Waals surface area contributed by atoms with Gasteiger partial charge in [-0.05, 0) is 25.6 Å². The molecule has 1 aromatic carbocycles. The topological polar surface area (TPSA) is 103 Å². The standard InChI is InChI=1S/C20H23FN6O2/c1-13-9-27(17-3-2-14(6-22)18-16(17)8-24-12-26-18)10-15(29-13)7-25-19(28)20(21)4-5-23-11-20/h2-3,8,12-13,15,23H,4-5,7,9-11H2,1H3,(H,25,28)/t13-,15+,20+/m1/s1. The molecule has 1 amide bonds. The molecule has 2 saturated heterocycles. The fourth-order valence-electron chi connectivity index (χ4n) is 4.00. The number of carbonyl (C=O) groups excluding carboxylic acids is 1. The summed E-state index contributed by atoms with van der Waals surface area (Å²) in [5.41, 5.74) is 0.167. The van der Waals surface area contributed by atoms with Gasteiger partial charge in [0.1, 0.15) is 12.4 Å². The van der Waals surface area contributed by atoms with Crippen molar-refractivity contribution in [2.24, 2.45) is 0 Å². The second-order valence-electron chi connectivity index (χ2n) is 7.60. The molecule has 1 aromatic heterocycles. The molecule has 3 heterocycles. The largest absolute Gasteiger partial charge is 0.370 e. The van der Waals surface area contributed by atoms with E-state index in [0.29, 0.717) is 30.7 Å². The van der Waals surface area contributed by atoms with Gasteiger partial charge in [-0.1, -0.05) is 0 Å². The van der Waals surface area contributed by atoms with Crippen LogP contribution in [0.3, 0.4) is 0 Å². The van der Waals surface area contributed by atoms with Crippen LogP contribution in [0.15, 0.2) is 24.7 Å². The molecule has 0 radical (unpaired) electrons. The second-order valence-corrected chi connectivity index (χ2v) is 7.60. The summed E-state index contributed by atoms with van der Waals surface area (Å²) >= 11 is 0. The van der Waals surface area contributed by atoms with Crippen molar-refractivity contribution in [2.75, 3.05) is 37.6 Å². The summed E-state index contributed by atoms with van der Waals surface area (Å²) in [6.45, 7) is 3.92. The lowest BCUT2D eigenvalue weighted by atomic mass is 10.0. The molecule has 4 rings (SSSR count). The quantitative estimate of drug-likeness (QED) is 0.789. The third-order valence-electron chi connectivity index (χ3n) is 5.44. The number of nitrogens with zero attached hydrogens (tertiary/aromatic N) is 4. The fourth-order valence-corrected chi connectivity index (χ4v) is 4.00. The van der Waals surface area contributed by atoms with E-state index in [9.17, 15) is 14.4 Å². The van der Waals surface area contributed by atoms with Crippen molar-refractivity contribution in [1.82, 2.24) is 20.6 Å². The molecule has 2 aliphatic heterocycles. The van der Waals surface area contributed by atoms with E-state index in [2.05, 4.69) is 31.6 Å². The van der Waals surface area contributed by atoms with E-state index in [0.717, 1.165) is 11.1 Å². The number of hydrogen-bond donors (Lipinski definition) is 2. The van der Waals surface area contributed by atoms with Crippen LogP contribution in [0.1, 0.15) is 18.9 Å². The molecular formula is C20H23FN6O2. The average Bonchev–Trinajstić information content (AvgIpc) is 3.18. The Bertz CT molecular complexity index is 956. The summed E-state index contributed by atoms with van der Waals surface area (Å²) in [4.78, 5) is 22.8. The number of hydrogen-bond acceptors (Lipinski definition) is 7. The number of amides is 1. The van der Waals surface area contributed by atoms with Crippen molar-refractivity contribution in [2.45, 2.75) is 31.2 Å². The minimum atomic E-state index is -1.85. The predicted octanol–water partition coefficient (Wildman–Crippen LogP) is 0.913. The van der Waals surface area contributed by atoms with Gasteiger partial charge in [0.05, 0.1) is 23.3 Å². The molecule has 2 aliphatic rings. The molecule has 2 N–H and O–H groups in total. The van der Waals surface area contributed by atoms with Crippen molar-refractivity contribution in [3.8, 4) is 6.07 Å². The SMILES string of the molecule is C[C@@H]1CN(c2ccc(C#N)c3ncncc23)C[C@H](CNC(=O)[C@]2(F)CCNC2)O1. The monoisotopic (exact) mass is 398 g/mol. The molecule has 0 saturated carbocycles. The van der Waals surface area contributed by atoms with E-state index in [-0.39, 0.29) is 31.7 Å². The van der Waals surface area contributed by atoms with Crippen LogP contribution in [0.25, 0.3) is 10.9 Å². The van der Waals surface area contributed by atoms with Gasteiger partial charge in [-0.2, -0.15) is 5.26 Å². The first-order valence-corrected chi connectivity index (χ1v) is 9.71. The van der Waals surface area contributed by atoms with Gasteiger partial charge in [-0.15, -0.1) is 0 Å². The minimum absolute atomic E-state index is 0.0457. The zero-order valence-electron chi connectivity index (χ0n) is 16.2. The molecule has 0 bridgehead atoms. The average molecular weight is 398 g/mol. The minimum Gasteiger partial charge on any atom is -0.370 e. The number of halogens is 1. The maximum atomic E-state index is 14.6. The number of nitrogens with one attached hydrogen (secondary N) is 2. The highest BCUT2D eigenvalue weighted by molar-refractivity contribution is 5.94. The summed E-state index contributed by atoms with van der Waals surface area (Å²) in [5.74, 6) is -0.590. The van der Waals surface area contributed by atoms with Crippen LogP contribution in [0.4, 0.5) is 10.1 Å². The molecule has 3 atom stereocenters. The molecule has 152 valence electrons. The molecule has 9 heteroatoms. The van der Waals surface area contributed by atoms with E-state index in [1.807, 2.05) is 13.0 Å². The second kappa shape index (κ2) is 7.89. The predicted molar refractivity (Wildman–Crippen MR) is 105 cm³/mol. The number of alkyl halides is 1. The van der Waals surface area contributed by atoms with E-state index >= 15 is 0 Å². The summed E-state index contributed by atoms with van der Waals surface area (Å²) in [5, 5.41) is 15.7. The molecule has 0 unspecified atom stereocenters. The molecule has 0 spiro atoms. The molecular weight excluding hydrogens is 375 g/mol. The van der Waals surface area contributed by atoms with Crippen molar-refractivity contribution >= 4 is 22.5 Å². The van der Waals surface area contributed by atoms with E-state index in [4.69, 9.17) is 4.74 Å². The van der Waals surface area contributed by atoms with Crippen LogP contribution in [-0.4, -0.2) is 66.5 Å². The molecule has 2 fully saturated rings. The molecule has 8 nitrogen and oxygen atoms in total. The zero-order valence-corrected chi connectivity index (χ0v) is 16.2. The van der Waals surface area contributed by atoms with Gasteiger partial charge in [0, 0.05) is 49.9 Å². The summed E-state index contributed by atoms with van der Waals surface area (Å²) in [6, 6.07) is 5.80. The zero-order chi connectivity index (χ0) is 20.4. The van der Waals surface area contributed by atoms with Crippen LogP contribution >= 0.6 is 0 Å². The third-order valence-corrected chi connectivity index (χ3v) is 5.44. The smallest absolute Gasteiger partial charge is 0.259 e. The third kappa shape index (κ3) is 3.86. The van der Waals surface area contributed by atoms with Gasteiger partial charge in [0.15, 0.2) is 0 Å². The number of anilines is 1. The Morgan fingerprint density at radius 3 is 3.14 bits per heavy atom. The van der Waals surface area contributed by atoms with Gasteiger partial charge >= 0.3 is 0 Å². The van der Waals surface area contributed by atoms with Gasteiger partial charge in [0.25, 0.3) is 5.91 Å². The van der Waals surface area contributed by atoms with Crippen LogP contribution in [0.2, 0.25) is 0 Å². The molecule has 0 aliphatic carbocycles. The van der Waals surface area contributed by atoms with Crippen molar-refractivity contribution in [3.63, 3.8) is 0 Å². The Morgan fingerprint density at radius 2 is 2.38 bits per heavy atom. The number of aromatic nitrogens is 2. The van der Waals surface area contributed by atoms with Crippen LogP contribution in [0.5, 0.6) is 0 Å². The number of morpholine rings is 1. The Balaban J connectivity index is 1.50. The fraction of sp³-hybridized carbons (Fsp3) is 0.500. The number of carbonyl (C=O) groups is 1. The van der Waals surface area contributed by atoms with Crippen molar-refractivity contribution < 1.29 is 13.9 Å². The van der Waals surface area contributed by atoms with Gasteiger partial charge in [0.2, 0.25) is 5.67 Å². The molecule has 29 heavy (non-hydrogen) atoms. The van der Waals surface area contributed by atoms with Crippen LogP contribution in [-0.2, 0) is 9.53 Å². The first kappa shape index (κ1) is 19.5. The summed E-state index contributed by atoms with van der Waals surface area (Å²) in [7, 11) is 0. The highest BCUT2D eigenvalue weighted by Gasteiger charge is 2.41. The maximum absolute atomic E-state index is 14.6. The summed E-state index contributed by atoms with van der Waals surface area (Å²) < 4.78 is 20.5. The lowest BCUT2D eigenvalue weighted by molar-refractivity contribution is -0.132. The van der Waals surface area contributed by atoms with Crippen molar-refractivity contribution in [3.05, 3.63) is 30.2 Å². The highest BCUT2D eigenvalue weighted by Crippen LogP contribution is 2.29. The number of fused-ring (bicyclic) bond motifs is 1. The number of rotatable bonds is 4. The Morgan fingerprint density at radius 1 is 1.52 bits per heavy atom. The first-order valence-electron chi connectivity index (χ1n) is 9.71. The van der Waals surface area contributed by atoms with Gasteiger partial charge in [-0.3, -0.25) is 4.79 Å². The van der Waals surface area contributed by atoms with E-state index in [1.54, 1.807) is 12.3 Å². The normalized spacial score (nSPS) is 27.0. The number of ether oxygens (including phenoxy) is 1. The number of benzene rings is 1. The Hall–Kier alpha value is -2.83. The molecule has 2 aromatic rings. The van der Waals surface area contributed by atoms with Gasteiger partial charge in [-0.25, -0.2) is 14.4 Å². The number of nitriles is 1. The van der Waals surface area contributed by atoms with Crippen LogP contribution in [0, 0.1) is 11.3 Å². The maximum Gasteiger partial charge on any atom is 0.259 e. The first-order chi connectivity index (χ1) is 14.0. The van der Waals surface area contributed by atoms with Gasteiger partial charge < -0.3 is 20.3 Å². The van der Waals surface area contributed by atoms with Crippen LogP contribution < -0.4 is 15.5 Å². The highest BCUT2D eigenvalue weighted by atomic mass is 19.1. The Labute approximate surface area is 168 Å². The lowest BCUT2D eigenvalue weighted by Crippen LogP contribution is -2.53. The van der Waals surface area contributed by atoms with E-state index < -0.39 is 11.6 Å². The van der Waals surface area contributed by atoms with Crippen molar-refractivity contribution in [1.29, 1.82) is 5.26 Å². The lowest BCUT2D eigenvalue weighted by Gasteiger charge is -2.39. The van der Waals surface area contributed by atoms with E-state index in [1.165, 1.54) is 6.33 Å². The Kier molecular flexibility index (Phi) is 5.30.